The fourth-order valence-corrected chi connectivity index (χ4v) is 3.22. The zero-order valence-electron chi connectivity index (χ0n) is 12.5. The zero-order chi connectivity index (χ0) is 15.4. The van der Waals surface area contributed by atoms with Gasteiger partial charge in [0.2, 0.25) is 0 Å². The molecule has 0 aliphatic heterocycles. The fraction of sp³-hybridized carbons (Fsp3) is 0.467. The minimum atomic E-state index is -0.280. The number of hydrogen-bond acceptors (Lipinski definition) is 3. The molecule has 1 N–H and O–H groups in total. The number of aryl methyl sites for hydroxylation is 2. The van der Waals surface area contributed by atoms with Crippen molar-refractivity contribution in [1.29, 1.82) is 0 Å². The van der Waals surface area contributed by atoms with E-state index in [-0.39, 0.29) is 11.9 Å². The molecule has 0 fully saturated rings. The van der Waals surface area contributed by atoms with Crippen LogP contribution < -0.4 is 5.32 Å². The van der Waals surface area contributed by atoms with Gasteiger partial charge in [0.25, 0.3) is 0 Å². The molecular weight excluding hydrogens is 335 g/mol. The molecule has 2 aromatic rings. The largest absolute Gasteiger partial charge is 0.310 e. The molecule has 0 aliphatic rings. The number of pyridine rings is 1. The van der Waals surface area contributed by atoms with E-state index in [1.807, 2.05) is 18.7 Å². The smallest absolute Gasteiger partial charge is 0.146 e. The van der Waals surface area contributed by atoms with Crippen LogP contribution in [0.3, 0.4) is 0 Å². The van der Waals surface area contributed by atoms with Crippen molar-refractivity contribution >= 4 is 15.9 Å². The summed E-state index contributed by atoms with van der Waals surface area (Å²) in [4.78, 5) is 3.82. The highest BCUT2D eigenvalue weighted by Gasteiger charge is 2.20. The summed E-state index contributed by atoms with van der Waals surface area (Å²) in [5.74, 6) is -0.280. The molecule has 0 aliphatic carbocycles. The average molecular weight is 355 g/mol. The van der Waals surface area contributed by atoms with Gasteiger partial charge in [-0.25, -0.2) is 4.39 Å². The maximum absolute atomic E-state index is 14.0. The van der Waals surface area contributed by atoms with E-state index >= 15 is 0 Å². The van der Waals surface area contributed by atoms with E-state index in [0.29, 0.717) is 12.0 Å². The van der Waals surface area contributed by atoms with Crippen LogP contribution in [0.1, 0.15) is 36.8 Å². The number of nitrogens with zero attached hydrogens (tertiary/aromatic N) is 3. The third-order valence-corrected chi connectivity index (χ3v) is 4.45. The van der Waals surface area contributed by atoms with Crippen LogP contribution in [0.4, 0.5) is 4.39 Å². The SMILES string of the molecule is CCNC(Cc1c(Br)c(CC)nn1C)c1ccncc1F. The van der Waals surface area contributed by atoms with Gasteiger partial charge >= 0.3 is 0 Å². The highest BCUT2D eigenvalue weighted by molar-refractivity contribution is 9.10. The standard InChI is InChI=1S/C15H20BrFN4/c1-4-12-15(16)14(21(3)20-12)8-13(19-5-2)10-6-7-18-9-11(10)17/h6-7,9,13,19H,4-5,8H2,1-3H3. The van der Waals surface area contributed by atoms with Crippen LogP contribution in [-0.2, 0) is 19.9 Å². The third kappa shape index (κ3) is 3.49. The summed E-state index contributed by atoms with van der Waals surface area (Å²) in [5.41, 5.74) is 2.73. The summed E-state index contributed by atoms with van der Waals surface area (Å²) in [6.45, 7) is 4.85. The van der Waals surface area contributed by atoms with E-state index in [2.05, 4.69) is 38.3 Å². The van der Waals surface area contributed by atoms with Crippen molar-refractivity contribution in [1.82, 2.24) is 20.1 Å². The van der Waals surface area contributed by atoms with Gasteiger partial charge < -0.3 is 5.32 Å². The van der Waals surface area contributed by atoms with Gasteiger partial charge in [-0.2, -0.15) is 5.10 Å². The molecule has 0 saturated carbocycles. The van der Waals surface area contributed by atoms with E-state index in [1.165, 1.54) is 6.20 Å². The Kier molecular flexibility index (Phi) is 5.47. The number of aromatic nitrogens is 3. The van der Waals surface area contributed by atoms with Crippen LogP contribution in [0.2, 0.25) is 0 Å². The molecule has 6 heteroatoms. The first-order valence-corrected chi connectivity index (χ1v) is 7.90. The molecule has 4 nitrogen and oxygen atoms in total. The van der Waals surface area contributed by atoms with Crippen molar-refractivity contribution in [3.05, 3.63) is 45.7 Å². The normalized spacial score (nSPS) is 12.6. The summed E-state index contributed by atoms with van der Waals surface area (Å²) in [5, 5.41) is 7.83. The molecule has 21 heavy (non-hydrogen) atoms. The van der Waals surface area contributed by atoms with Gasteiger partial charge in [-0.15, -0.1) is 0 Å². The first kappa shape index (κ1) is 16.1. The van der Waals surface area contributed by atoms with E-state index in [4.69, 9.17) is 0 Å². The predicted octanol–water partition coefficient (Wildman–Crippen LogP) is 3.17. The molecule has 2 heterocycles. The molecule has 114 valence electrons. The molecular formula is C15H20BrFN4. The molecule has 2 rings (SSSR count). The van der Waals surface area contributed by atoms with Gasteiger partial charge in [-0.05, 0) is 35.0 Å². The lowest BCUT2D eigenvalue weighted by molar-refractivity contribution is 0.494. The first-order valence-electron chi connectivity index (χ1n) is 7.11. The number of hydrogen-bond donors (Lipinski definition) is 1. The van der Waals surface area contributed by atoms with Crippen molar-refractivity contribution in [2.24, 2.45) is 7.05 Å². The fourth-order valence-electron chi connectivity index (χ4n) is 2.44. The van der Waals surface area contributed by atoms with Gasteiger partial charge in [0.15, 0.2) is 0 Å². The number of rotatable bonds is 6. The van der Waals surface area contributed by atoms with Crippen molar-refractivity contribution in [3.63, 3.8) is 0 Å². The highest BCUT2D eigenvalue weighted by atomic mass is 79.9. The Hall–Kier alpha value is -1.27. The molecule has 0 spiro atoms. The Labute approximate surface area is 132 Å². The van der Waals surface area contributed by atoms with Crippen molar-refractivity contribution in [2.45, 2.75) is 32.7 Å². The molecule has 2 aromatic heterocycles. The van der Waals surface area contributed by atoms with Crippen LogP contribution in [0.5, 0.6) is 0 Å². The van der Waals surface area contributed by atoms with E-state index < -0.39 is 0 Å². The average Bonchev–Trinajstić information content (AvgIpc) is 2.74. The van der Waals surface area contributed by atoms with E-state index in [9.17, 15) is 4.39 Å². The lowest BCUT2D eigenvalue weighted by Crippen LogP contribution is -2.25. The molecule has 0 amide bonds. The van der Waals surface area contributed by atoms with Crippen LogP contribution in [-0.4, -0.2) is 21.3 Å². The third-order valence-electron chi connectivity index (χ3n) is 3.53. The minimum absolute atomic E-state index is 0.102. The second-order valence-corrected chi connectivity index (χ2v) is 5.69. The molecule has 0 aromatic carbocycles. The molecule has 0 bridgehead atoms. The summed E-state index contributed by atoms with van der Waals surface area (Å²) in [6.07, 6.45) is 4.41. The van der Waals surface area contributed by atoms with Crippen molar-refractivity contribution in [2.75, 3.05) is 6.54 Å². The monoisotopic (exact) mass is 354 g/mol. The Balaban J connectivity index is 2.33. The molecule has 0 saturated heterocycles. The molecule has 1 atom stereocenters. The Morgan fingerprint density at radius 3 is 2.76 bits per heavy atom. The Morgan fingerprint density at radius 1 is 1.43 bits per heavy atom. The summed E-state index contributed by atoms with van der Waals surface area (Å²) in [7, 11) is 1.92. The number of nitrogens with one attached hydrogen (secondary N) is 1. The van der Waals surface area contributed by atoms with Gasteiger partial charge in [0, 0.05) is 31.3 Å². The zero-order valence-corrected chi connectivity index (χ0v) is 14.1. The van der Waals surface area contributed by atoms with Crippen LogP contribution in [0.25, 0.3) is 0 Å². The molecule has 0 radical (unpaired) electrons. The van der Waals surface area contributed by atoms with E-state index in [0.717, 1.165) is 28.8 Å². The van der Waals surface area contributed by atoms with Crippen LogP contribution in [0.15, 0.2) is 22.9 Å². The quantitative estimate of drug-likeness (QED) is 0.866. The van der Waals surface area contributed by atoms with Gasteiger partial charge in [0.05, 0.1) is 22.1 Å². The molecule has 1 unspecified atom stereocenters. The van der Waals surface area contributed by atoms with Crippen molar-refractivity contribution < 1.29 is 4.39 Å². The Morgan fingerprint density at radius 2 is 2.19 bits per heavy atom. The van der Waals surface area contributed by atoms with Gasteiger partial charge in [0.1, 0.15) is 5.82 Å². The maximum atomic E-state index is 14.0. The van der Waals surface area contributed by atoms with Crippen LogP contribution in [0, 0.1) is 5.82 Å². The summed E-state index contributed by atoms with van der Waals surface area (Å²) in [6, 6.07) is 1.63. The number of likely N-dealkylation sites (N-methyl/N-ethyl adjacent to an activating group) is 1. The minimum Gasteiger partial charge on any atom is -0.310 e. The highest BCUT2D eigenvalue weighted by Crippen LogP contribution is 2.27. The van der Waals surface area contributed by atoms with Gasteiger partial charge in [-0.3, -0.25) is 9.67 Å². The Bertz CT molecular complexity index is 612. The number of halogens is 2. The maximum Gasteiger partial charge on any atom is 0.146 e. The van der Waals surface area contributed by atoms with E-state index in [1.54, 1.807) is 12.3 Å². The second-order valence-electron chi connectivity index (χ2n) is 4.90. The second kappa shape index (κ2) is 7.13. The lowest BCUT2D eigenvalue weighted by Gasteiger charge is -2.19. The van der Waals surface area contributed by atoms with Crippen molar-refractivity contribution in [3.8, 4) is 0 Å². The summed E-state index contributed by atoms with van der Waals surface area (Å²) >= 11 is 3.62. The lowest BCUT2D eigenvalue weighted by atomic mass is 10.0. The topological polar surface area (TPSA) is 42.7 Å². The van der Waals surface area contributed by atoms with Gasteiger partial charge in [-0.1, -0.05) is 13.8 Å². The first-order chi connectivity index (χ1) is 10.1. The predicted molar refractivity (Wildman–Crippen MR) is 84.6 cm³/mol. The van der Waals surface area contributed by atoms with Crippen LogP contribution >= 0.6 is 15.9 Å². The summed E-state index contributed by atoms with van der Waals surface area (Å²) < 4.78 is 16.9.